The second kappa shape index (κ2) is 11.4. The summed E-state index contributed by atoms with van der Waals surface area (Å²) in [5, 5.41) is 12.2. The quantitative estimate of drug-likeness (QED) is 0.479. The summed E-state index contributed by atoms with van der Waals surface area (Å²) in [6.45, 7) is 3.18. The van der Waals surface area contributed by atoms with E-state index in [-0.39, 0.29) is 23.3 Å². The second-order valence-corrected chi connectivity index (χ2v) is 9.01. The van der Waals surface area contributed by atoms with Gasteiger partial charge < -0.3 is 5.32 Å². The molecule has 1 N–H and O–H groups in total. The van der Waals surface area contributed by atoms with Gasteiger partial charge >= 0.3 is 0 Å². The summed E-state index contributed by atoms with van der Waals surface area (Å²) in [7, 11) is 0. The van der Waals surface area contributed by atoms with Crippen LogP contribution in [-0.4, -0.2) is 51.0 Å². The molecule has 1 fully saturated rings. The lowest BCUT2D eigenvalue weighted by Crippen LogP contribution is -2.30. The molecule has 2 heterocycles. The maximum Gasteiger partial charge on any atom is 0.230 e. The molecule has 4 rings (SSSR count). The first-order chi connectivity index (χ1) is 16.1. The Morgan fingerprint density at radius 3 is 2.30 bits per heavy atom. The number of nitrogens with zero attached hydrogens (tertiary/aromatic N) is 4. The van der Waals surface area contributed by atoms with E-state index in [9.17, 15) is 13.6 Å². The van der Waals surface area contributed by atoms with E-state index < -0.39 is 0 Å². The second-order valence-electron chi connectivity index (χ2n) is 8.06. The lowest BCUT2D eigenvalue weighted by molar-refractivity contribution is -0.118. The lowest BCUT2D eigenvalue weighted by atomic mass is 10.1. The Morgan fingerprint density at radius 1 is 0.939 bits per heavy atom. The standard InChI is InChI=1S/C24H27F2N5OS/c25-19-6-4-18(5-7-19)12-13-27-23(32)17-33-24-29-28-22(16-30-14-2-1-3-15-30)31(24)21-10-8-20(26)9-11-21/h4-11H,1-3,12-17H2,(H,27,32). The van der Waals surface area contributed by atoms with Crippen LogP contribution in [0.4, 0.5) is 8.78 Å². The van der Waals surface area contributed by atoms with E-state index in [4.69, 9.17) is 0 Å². The van der Waals surface area contributed by atoms with Gasteiger partial charge in [0.2, 0.25) is 5.91 Å². The molecule has 1 aromatic heterocycles. The number of aromatic nitrogens is 3. The number of hydrogen-bond donors (Lipinski definition) is 1. The van der Waals surface area contributed by atoms with E-state index in [0.29, 0.717) is 24.7 Å². The molecule has 1 amide bonds. The van der Waals surface area contributed by atoms with Crippen molar-refractivity contribution in [2.75, 3.05) is 25.4 Å². The molecule has 9 heteroatoms. The molecule has 0 radical (unpaired) electrons. The van der Waals surface area contributed by atoms with Gasteiger partial charge in [-0.05, 0) is 74.3 Å². The van der Waals surface area contributed by atoms with Crippen molar-refractivity contribution < 1.29 is 13.6 Å². The minimum atomic E-state index is -0.306. The van der Waals surface area contributed by atoms with E-state index in [2.05, 4.69) is 20.4 Å². The van der Waals surface area contributed by atoms with Crippen LogP contribution in [0.1, 0.15) is 30.7 Å². The fourth-order valence-corrected chi connectivity index (χ4v) is 4.64. The highest BCUT2D eigenvalue weighted by molar-refractivity contribution is 7.99. The summed E-state index contributed by atoms with van der Waals surface area (Å²) < 4.78 is 28.4. The highest BCUT2D eigenvalue weighted by Gasteiger charge is 2.19. The third-order valence-electron chi connectivity index (χ3n) is 5.58. The highest BCUT2D eigenvalue weighted by atomic mass is 32.2. The first-order valence-electron chi connectivity index (χ1n) is 11.1. The molecule has 1 saturated heterocycles. The van der Waals surface area contributed by atoms with E-state index in [1.54, 1.807) is 24.3 Å². The highest BCUT2D eigenvalue weighted by Crippen LogP contribution is 2.24. The number of nitrogens with one attached hydrogen (secondary N) is 1. The topological polar surface area (TPSA) is 63.1 Å². The summed E-state index contributed by atoms with van der Waals surface area (Å²) in [6.07, 6.45) is 4.22. The van der Waals surface area contributed by atoms with Crippen molar-refractivity contribution in [2.45, 2.75) is 37.4 Å². The van der Waals surface area contributed by atoms with Gasteiger partial charge in [0.05, 0.1) is 12.3 Å². The summed E-state index contributed by atoms with van der Waals surface area (Å²) in [5.74, 6) is 0.270. The van der Waals surface area contributed by atoms with Crippen LogP contribution < -0.4 is 5.32 Å². The van der Waals surface area contributed by atoms with Gasteiger partial charge in [-0.2, -0.15) is 0 Å². The average Bonchev–Trinajstić information content (AvgIpc) is 3.22. The third kappa shape index (κ3) is 6.61. The molecule has 0 unspecified atom stereocenters. The van der Waals surface area contributed by atoms with Crippen LogP contribution >= 0.6 is 11.8 Å². The maximum absolute atomic E-state index is 13.5. The first kappa shape index (κ1) is 23.4. The Morgan fingerprint density at radius 2 is 1.61 bits per heavy atom. The Hall–Kier alpha value is -2.78. The Labute approximate surface area is 196 Å². The van der Waals surface area contributed by atoms with Gasteiger partial charge in [0.1, 0.15) is 11.6 Å². The molecule has 6 nitrogen and oxygen atoms in total. The van der Waals surface area contributed by atoms with Crippen LogP contribution in [0.2, 0.25) is 0 Å². The molecule has 0 saturated carbocycles. The van der Waals surface area contributed by atoms with Gasteiger partial charge in [0, 0.05) is 12.2 Å². The number of benzene rings is 2. The zero-order valence-corrected chi connectivity index (χ0v) is 19.2. The minimum absolute atomic E-state index is 0.117. The van der Waals surface area contributed by atoms with E-state index in [1.807, 2.05) is 4.57 Å². The van der Waals surface area contributed by atoms with Crippen LogP contribution in [0.5, 0.6) is 0 Å². The summed E-state index contributed by atoms with van der Waals surface area (Å²) in [6, 6.07) is 12.5. The number of halogens is 2. The average molecular weight is 472 g/mol. The number of carbonyl (C=O) groups is 1. The molecule has 1 aliphatic heterocycles. The number of amides is 1. The Bertz CT molecular complexity index is 1050. The normalized spacial score (nSPS) is 14.4. The molecule has 0 atom stereocenters. The van der Waals surface area contributed by atoms with Crippen LogP contribution in [0, 0.1) is 11.6 Å². The molecular weight excluding hydrogens is 444 g/mol. The molecule has 33 heavy (non-hydrogen) atoms. The minimum Gasteiger partial charge on any atom is -0.355 e. The monoisotopic (exact) mass is 471 g/mol. The maximum atomic E-state index is 13.5. The van der Waals surface area contributed by atoms with Crippen molar-refractivity contribution in [3.8, 4) is 5.69 Å². The molecular formula is C24H27F2N5OS. The number of likely N-dealkylation sites (tertiary alicyclic amines) is 1. The van der Waals surface area contributed by atoms with Gasteiger partial charge in [-0.3, -0.25) is 14.3 Å². The number of rotatable bonds is 9. The molecule has 0 bridgehead atoms. The summed E-state index contributed by atoms with van der Waals surface area (Å²) >= 11 is 1.30. The van der Waals surface area contributed by atoms with Crippen molar-refractivity contribution in [1.29, 1.82) is 0 Å². The summed E-state index contributed by atoms with van der Waals surface area (Å²) in [5.41, 5.74) is 1.73. The molecule has 0 spiro atoms. The summed E-state index contributed by atoms with van der Waals surface area (Å²) in [4.78, 5) is 14.7. The number of thioether (sulfide) groups is 1. The van der Waals surface area contributed by atoms with Gasteiger partial charge in [-0.1, -0.05) is 30.3 Å². The van der Waals surface area contributed by atoms with Crippen molar-refractivity contribution in [3.05, 3.63) is 71.6 Å². The zero-order chi connectivity index (χ0) is 23.0. The third-order valence-corrected chi connectivity index (χ3v) is 6.51. The van der Waals surface area contributed by atoms with Crippen molar-refractivity contribution in [2.24, 2.45) is 0 Å². The smallest absolute Gasteiger partial charge is 0.230 e. The molecule has 1 aliphatic rings. The van der Waals surface area contributed by atoms with E-state index in [0.717, 1.165) is 30.2 Å². The number of piperidine rings is 1. The fraction of sp³-hybridized carbons (Fsp3) is 0.375. The molecule has 3 aromatic rings. The fourth-order valence-electron chi connectivity index (χ4n) is 3.84. The molecule has 174 valence electrons. The number of carbonyl (C=O) groups excluding carboxylic acids is 1. The van der Waals surface area contributed by atoms with Crippen LogP contribution in [0.3, 0.4) is 0 Å². The van der Waals surface area contributed by atoms with Gasteiger partial charge in [0.15, 0.2) is 11.0 Å². The molecule has 0 aliphatic carbocycles. The van der Waals surface area contributed by atoms with E-state index in [1.165, 1.54) is 55.3 Å². The van der Waals surface area contributed by atoms with Crippen LogP contribution in [0.25, 0.3) is 5.69 Å². The largest absolute Gasteiger partial charge is 0.355 e. The van der Waals surface area contributed by atoms with Crippen molar-refractivity contribution in [3.63, 3.8) is 0 Å². The van der Waals surface area contributed by atoms with Crippen LogP contribution in [0.15, 0.2) is 53.7 Å². The molecule has 2 aromatic carbocycles. The van der Waals surface area contributed by atoms with Crippen molar-refractivity contribution in [1.82, 2.24) is 25.0 Å². The van der Waals surface area contributed by atoms with Gasteiger partial charge in [0.25, 0.3) is 0 Å². The Kier molecular flexibility index (Phi) is 8.06. The predicted molar refractivity (Wildman–Crippen MR) is 124 cm³/mol. The lowest BCUT2D eigenvalue weighted by Gasteiger charge is -2.26. The predicted octanol–water partition coefficient (Wildman–Crippen LogP) is 3.98. The van der Waals surface area contributed by atoms with Crippen molar-refractivity contribution >= 4 is 17.7 Å². The Balaban J connectivity index is 1.39. The van der Waals surface area contributed by atoms with Gasteiger partial charge in [-0.15, -0.1) is 10.2 Å². The first-order valence-corrected chi connectivity index (χ1v) is 12.1. The zero-order valence-electron chi connectivity index (χ0n) is 18.3. The SMILES string of the molecule is O=C(CSc1nnc(CN2CCCCC2)n1-c1ccc(F)cc1)NCCc1ccc(F)cc1. The van der Waals surface area contributed by atoms with Gasteiger partial charge in [-0.25, -0.2) is 8.78 Å². The number of hydrogen-bond acceptors (Lipinski definition) is 5. The van der Waals surface area contributed by atoms with Crippen LogP contribution in [-0.2, 0) is 17.8 Å². The van der Waals surface area contributed by atoms with E-state index >= 15 is 0 Å².